The maximum atomic E-state index is 5.43. The van der Waals surface area contributed by atoms with Gasteiger partial charge in [-0.1, -0.05) is 32.9 Å². The van der Waals surface area contributed by atoms with Crippen LogP contribution < -0.4 is 5.32 Å². The predicted octanol–water partition coefficient (Wildman–Crippen LogP) is 3.06. The fourth-order valence-corrected chi connectivity index (χ4v) is 2.56. The molecule has 0 radical (unpaired) electrons. The van der Waals surface area contributed by atoms with Gasteiger partial charge in [0.1, 0.15) is 0 Å². The molecule has 0 aliphatic carbocycles. The molecule has 104 valence electrons. The van der Waals surface area contributed by atoms with E-state index in [0.29, 0.717) is 17.2 Å². The van der Waals surface area contributed by atoms with Gasteiger partial charge in [0.25, 0.3) is 0 Å². The van der Waals surface area contributed by atoms with Gasteiger partial charge in [-0.2, -0.15) is 16.7 Å². The van der Waals surface area contributed by atoms with Crippen molar-refractivity contribution in [2.24, 2.45) is 5.92 Å². The van der Waals surface area contributed by atoms with E-state index in [-0.39, 0.29) is 5.92 Å². The molecule has 4 nitrogen and oxygen atoms in total. The highest BCUT2D eigenvalue weighted by atomic mass is 32.2. The Morgan fingerprint density at radius 3 is 2.39 bits per heavy atom. The highest BCUT2D eigenvalue weighted by Crippen LogP contribution is 2.27. The Balaban J connectivity index is 2.75. The second kappa shape index (κ2) is 7.14. The minimum Gasteiger partial charge on any atom is -0.339 e. The smallest absolute Gasteiger partial charge is 0.231 e. The van der Waals surface area contributed by atoms with Crippen molar-refractivity contribution in [2.45, 2.75) is 57.6 Å². The molecule has 0 saturated carbocycles. The summed E-state index contributed by atoms with van der Waals surface area (Å²) in [4.78, 5) is 4.53. The molecule has 0 amide bonds. The third-order valence-corrected chi connectivity index (χ3v) is 4.12. The van der Waals surface area contributed by atoms with E-state index in [1.165, 1.54) is 0 Å². The average Bonchev–Trinajstić information content (AvgIpc) is 2.74. The molecule has 0 saturated heterocycles. The van der Waals surface area contributed by atoms with Gasteiger partial charge in [0.2, 0.25) is 5.89 Å². The molecule has 1 N–H and O–H groups in total. The summed E-state index contributed by atoms with van der Waals surface area (Å²) in [5.41, 5.74) is 0. The molecule has 0 spiro atoms. The van der Waals surface area contributed by atoms with E-state index in [1.54, 1.807) is 0 Å². The van der Waals surface area contributed by atoms with Gasteiger partial charge in [-0.05, 0) is 25.1 Å². The average molecular weight is 271 g/mol. The van der Waals surface area contributed by atoms with Gasteiger partial charge in [0, 0.05) is 6.04 Å². The Morgan fingerprint density at radius 1 is 1.22 bits per heavy atom. The molecule has 1 aromatic rings. The van der Waals surface area contributed by atoms with Crippen LogP contribution in [0.1, 0.15) is 52.3 Å². The first kappa shape index (κ1) is 15.5. The van der Waals surface area contributed by atoms with Crippen LogP contribution in [0.15, 0.2) is 4.52 Å². The molecule has 2 atom stereocenters. The Morgan fingerprint density at radius 2 is 1.89 bits per heavy atom. The molecule has 0 aromatic carbocycles. The zero-order valence-corrected chi connectivity index (χ0v) is 13.0. The van der Waals surface area contributed by atoms with Crippen molar-refractivity contribution in [1.82, 2.24) is 15.5 Å². The third-order valence-electron chi connectivity index (χ3n) is 3.03. The Bertz CT molecular complexity index is 352. The molecule has 5 heteroatoms. The maximum absolute atomic E-state index is 5.43. The number of rotatable bonds is 7. The van der Waals surface area contributed by atoms with Crippen LogP contribution in [0.2, 0.25) is 0 Å². The summed E-state index contributed by atoms with van der Waals surface area (Å²) in [5.74, 6) is 3.11. The zero-order valence-electron chi connectivity index (χ0n) is 12.2. The van der Waals surface area contributed by atoms with E-state index in [1.807, 2.05) is 18.8 Å². The molecule has 0 fully saturated rings. The summed E-state index contributed by atoms with van der Waals surface area (Å²) in [5, 5.41) is 7.93. The van der Waals surface area contributed by atoms with Crippen LogP contribution >= 0.6 is 11.8 Å². The number of aromatic nitrogens is 2. The first-order chi connectivity index (χ1) is 8.45. The fraction of sp³-hybridized carbons (Fsp3) is 0.846. The van der Waals surface area contributed by atoms with Gasteiger partial charge in [-0.25, -0.2) is 0 Å². The summed E-state index contributed by atoms with van der Waals surface area (Å²) in [6.07, 6.45) is 0. The van der Waals surface area contributed by atoms with Crippen LogP contribution in [-0.2, 0) is 5.75 Å². The van der Waals surface area contributed by atoms with Crippen LogP contribution in [-0.4, -0.2) is 28.5 Å². The second-order valence-electron chi connectivity index (χ2n) is 5.26. The minimum absolute atomic E-state index is 0.264. The van der Waals surface area contributed by atoms with Crippen molar-refractivity contribution in [3.8, 4) is 0 Å². The topological polar surface area (TPSA) is 51.0 Å². The predicted molar refractivity (Wildman–Crippen MR) is 76.8 cm³/mol. The lowest BCUT2D eigenvalue weighted by Crippen LogP contribution is -2.32. The lowest BCUT2D eigenvalue weighted by molar-refractivity contribution is 0.285. The Hall–Kier alpha value is -0.550. The Kier molecular flexibility index (Phi) is 6.15. The number of hydrogen-bond acceptors (Lipinski definition) is 5. The van der Waals surface area contributed by atoms with Crippen molar-refractivity contribution in [3.63, 3.8) is 0 Å². The first-order valence-corrected chi connectivity index (χ1v) is 7.61. The molecule has 0 bridgehead atoms. The minimum atomic E-state index is 0.264. The molecule has 0 aliphatic heterocycles. The largest absolute Gasteiger partial charge is 0.339 e. The molecule has 1 rings (SSSR count). The summed E-state index contributed by atoms with van der Waals surface area (Å²) in [6, 6.07) is 0.330. The standard InChI is InChI=1S/C13H25N3OS/c1-8(2)12(10(5)14-6)13-15-11(16-17-13)7-18-9(3)4/h8-10,12,14H,7H2,1-6H3. The third kappa shape index (κ3) is 4.28. The van der Waals surface area contributed by atoms with Crippen molar-refractivity contribution >= 4 is 11.8 Å². The van der Waals surface area contributed by atoms with Gasteiger partial charge in [0.05, 0.1) is 11.7 Å². The summed E-state index contributed by atoms with van der Waals surface area (Å²) < 4.78 is 5.43. The normalized spacial score (nSPS) is 15.3. The fourth-order valence-electron chi connectivity index (χ4n) is 1.96. The molecule has 0 aliphatic rings. The van der Waals surface area contributed by atoms with E-state index in [9.17, 15) is 0 Å². The van der Waals surface area contributed by atoms with Gasteiger partial charge < -0.3 is 9.84 Å². The van der Waals surface area contributed by atoms with Gasteiger partial charge in [-0.3, -0.25) is 0 Å². The molecular weight excluding hydrogens is 246 g/mol. The highest BCUT2D eigenvalue weighted by molar-refractivity contribution is 7.99. The van der Waals surface area contributed by atoms with Crippen LogP contribution in [0.5, 0.6) is 0 Å². The van der Waals surface area contributed by atoms with E-state index >= 15 is 0 Å². The molecule has 1 heterocycles. The van der Waals surface area contributed by atoms with Crippen molar-refractivity contribution in [2.75, 3.05) is 7.05 Å². The van der Waals surface area contributed by atoms with Crippen LogP contribution in [0.4, 0.5) is 0 Å². The summed E-state index contributed by atoms with van der Waals surface area (Å²) in [6.45, 7) is 10.9. The first-order valence-electron chi connectivity index (χ1n) is 6.57. The number of likely N-dealkylation sites (N-methyl/N-ethyl adjacent to an activating group) is 1. The quantitative estimate of drug-likeness (QED) is 0.826. The van der Waals surface area contributed by atoms with Gasteiger partial charge in [0.15, 0.2) is 5.82 Å². The van der Waals surface area contributed by atoms with E-state index in [4.69, 9.17) is 4.52 Å². The van der Waals surface area contributed by atoms with E-state index < -0.39 is 0 Å². The summed E-state index contributed by atoms with van der Waals surface area (Å²) in [7, 11) is 1.96. The highest BCUT2D eigenvalue weighted by Gasteiger charge is 2.27. The van der Waals surface area contributed by atoms with Crippen molar-refractivity contribution in [3.05, 3.63) is 11.7 Å². The number of hydrogen-bond donors (Lipinski definition) is 1. The number of nitrogens with zero attached hydrogens (tertiary/aromatic N) is 2. The van der Waals surface area contributed by atoms with E-state index in [2.05, 4.69) is 50.1 Å². The maximum Gasteiger partial charge on any atom is 0.231 e. The Labute approximate surface area is 114 Å². The second-order valence-corrected chi connectivity index (χ2v) is 6.82. The van der Waals surface area contributed by atoms with Crippen LogP contribution in [0.3, 0.4) is 0 Å². The van der Waals surface area contributed by atoms with Gasteiger partial charge in [-0.15, -0.1) is 0 Å². The SMILES string of the molecule is CNC(C)C(c1nc(CSC(C)C)no1)C(C)C. The van der Waals surface area contributed by atoms with Crippen molar-refractivity contribution in [1.29, 1.82) is 0 Å². The summed E-state index contributed by atoms with van der Waals surface area (Å²) >= 11 is 1.83. The van der Waals surface area contributed by atoms with Crippen LogP contribution in [0, 0.1) is 5.92 Å². The number of thioether (sulfide) groups is 1. The number of nitrogens with one attached hydrogen (secondary N) is 1. The molecular formula is C13H25N3OS. The molecule has 2 unspecified atom stereocenters. The lowest BCUT2D eigenvalue weighted by atomic mass is 9.89. The monoisotopic (exact) mass is 271 g/mol. The van der Waals surface area contributed by atoms with Gasteiger partial charge >= 0.3 is 0 Å². The molecule has 18 heavy (non-hydrogen) atoms. The van der Waals surface area contributed by atoms with Crippen molar-refractivity contribution < 1.29 is 4.52 Å². The van der Waals surface area contributed by atoms with E-state index in [0.717, 1.165) is 17.5 Å². The lowest BCUT2D eigenvalue weighted by Gasteiger charge is -2.23. The molecule has 1 aromatic heterocycles. The van der Waals surface area contributed by atoms with Crippen LogP contribution in [0.25, 0.3) is 0 Å². The zero-order chi connectivity index (χ0) is 13.7.